The van der Waals surface area contributed by atoms with Crippen LogP contribution in [0.1, 0.15) is 28.9 Å². The van der Waals surface area contributed by atoms with Gasteiger partial charge in [0.15, 0.2) is 0 Å². The summed E-state index contributed by atoms with van der Waals surface area (Å²) in [7, 11) is 0. The van der Waals surface area contributed by atoms with Crippen molar-refractivity contribution in [3.63, 3.8) is 0 Å². The molecule has 9 heteroatoms. The van der Waals surface area contributed by atoms with E-state index in [9.17, 15) is 14.0 Å². The SMILES string of the molecule is CC(C(=O)Nc1cnn(Cc2cccc(F)c2)c1)n1cc(C(=O)O)cn1. The van der Waals surface area contributed by atoms with Crippen LogP contribution in [0.4, 0.5) is 10.1 Å². The van der Waals surface area contributed by atoms with Crippen LogP contribution >= 0.6 is 0 Å². The van der Waals surface area contributed by atoms with Crippen molar-refractivity contribution in [1.82, 2.24) is 19.6 Å². The average Bonchev–Trinajstić information content (AvgIpc) is 3.24. The van der Waals surface area contributed by atoms with Crippen molar-refractivity contribution in [3.05, 3.63) is 66.0 Å². The summed E-state index contributed by atoms with van der Waals surface area (Å²) in [6.45, 7) is 1.97. The minimum atomic E-state index is -1.11. The zero-order valence-corrected chi connectivity index (χ0v) is 13.8. The summed E-state index contributed by atoms with van der Waals surface area (Å²) in [5.74, 6) is -1.80. The molecule has 0 aliphatic heterocycles. The van der Waals surface area contributed by atoms with Crippen LogP contribution in [0.5, 0.6) is 0 Å². The number of carboxylic acids is 1. The summed E-state index contributed by atoms with van der Waals surface area (Å²) in [6, 6.07) is 5.48. The lowest BCUT2D eigenvalue weighted by Gasteiger charge is -2.11. The molecule has 134 valence electrons. The van der Waals surface area contributed by atoms with Crippen LogP contribution < -0.4 is 5.32 Å². The number of carbonyl (C=O) groups excluding carboxylic acids is 1. The van der Waals surface area contributed by atoms with Gasteiger partial charge in [0.05, 0.1) is 30.2 Å². The van der Waals surface area contributed by atoms with Crippen LogP contribution in [-0.4, -0.2) is 36.5 Å². The smallest absolute Gasteiger partial charge is 0.338 e. The maximum absolute atomic E-state index is 13.2. The van der Waals surface area contributed by atoms with Crippen LogP contribution in [0.2, 0.25) is 0 Å². The van der Waals surface area contributed by atoms with Crippen molar-refractivity contribution < 1.29 is 19.1 Å². The minimum absolute atomic E-state index is 0.00700. The Kier molecular flexibility index (Phi) is 4.78. The van der Waals surface area contributed by atoms with Gasteiger partial charge in [-0.25, -0.2) is 9.18 Å². The zero-order valence-electron chi connectivity index (χ0n) is 13.8. The highest BCUT2D eigenvalue weighted by atomic mass is 19.1. The number of carbonyl (C=O) groups is 2. The first-order valence-corrected chi connectivity index (χ1v) is 7.77. The van der Waals surface area contributed by atoms with Crippen molar-refractivity contribution >= 4 is 17.6 Å². The molecule has 0 aliphatic carbocycles. The Morgan fingerprint density at radius 1 is 1.27 bits per heavy atom. The number of hydrogen-bond acceptors (Lipinski definition) is 4. The summed E-state index contributed by atoms with van der Waals surface area (Å²) < 4.78 is 16.1. The first kappa shape index (κ1) is 17.3. The Bertz CT molecular complexity index is 949. The maximum atomic E-state index is 13.2. The monoisotopic (exact) mass is 357 g/mol. The maximum Gasteiger partial charge on any atom is 0.338 e. The number of halogens is 1. The lowest BCUT2D eigenvalue weighted by Crippen LogP contribution is -2.23. The Balaban J connectivity index is 1.64. The third-order valence-corrected chi connectivity index (χ3v) is 3.76. The summed E-state index contributed by atoms with van der Waals surface area (Å²) in [5, 5.41) is 19.6. The third-order valence-electron chi connectivity index (χ3n) is 3.76. The van der Waals surface area contributed by atoms with E-state index in [1.165, 1.54) is 35.4 Å². The van der Waals surface area contributed by atoms with Crippen LogP contribution in [-0.2, 0) is 11.3 Å². The summed E-state index contributed by atoms with van der Waals surface area (Å²) in [5.41, 5.74) is 1.23. The van der Waals surface area contributed by atoms with Gasteiger partial charge in [-0.3, -0.25) is 14.2 Å². The molecule has 3 rings (SSSR count). The van der Waals surface area contributed by atoms with Gasteiger partial charge in [0.1, 0.15) is 11.9 Å². The van der Waals surface area contributed by atoms with Crippen molar-refractivity contribution in [2.45, 2.75) is 19.5 Å². The molecule has 0 spiro atoms. The van der Waals surface area contributed by atoms with E-state index in [-0.39, 0.29) is 17.3 Å². The van der Waals surface area contributed by atoms with Gasteiger partial charge in [-0.1, -0.05) is 12.1 Å². The highest BCUT2D eigenvalue weighted by Crippen LogP contribution is 2.13. The average molecular weight is 357 g/mol. The number of amides is 1. The van der Waals surface area contributed by atoms with Crippen molar-refractivity contribution in [3.8, 4) is 0 Å². The molecule has 0 radical (unpaired) electrons. The normalized spacial score (nSPS) is 11.9. The van der Waals surface area contributed by atoms with Crippen molar-refractivity contribution in [1.29, 1.82) is 0 Å². The van der Waals surface area contributed by atoms with Crippen molar-refractivity contribution in [2.24, 2.45) is 0 Å². The molecule has 0 aliphatic rings. The number of aromatic carboxylic acids is 1. The Morgan fingerprint density at radius 2 is 2.08 bits per heavy atom. The molecule has 1 unspecified atom stereocenters. The molecule has 1 amide bonds. The second-order valence-corrected chi connectivity index (χ2v) is 5.74. The predicted molar refractivity (Wildman–Crippen MR) is 90.3 cm³/mol. The first-order chi connectivity index (χ1) is 12.4. The van der Waals surface area contributed by atoms with Crippen LogP contribution in [0, 0.1) is 5.82 Å². The molecule has 0 bridgehead atoms. The summed E-state index contributed by atoms with van der Waals surface area (Å²) in [6.07, 6.45) is 5.58. The van der Waals surface area contributed by atoms with Gasteiger partial charge >= 0.3 is 5.97 Å². The second-order valence-electron chi connectivity index (χ2n) is 5.74. The molecule has 0 fully saturated rings. The van der Waals surface area contributed by atoms with E-state index in [0.717, 1.165) is 5.56 Å². The molecule has 2 N–H and O–H groups in total. The Labute approximate surface area is 147 Å². The predicted octanol–water partition coefficient (Wildman–Crippen LogP) is 2.16. The number of nitrogens with one attached hydrogen (secondary N) is 1. The highest BCUT2D eigenvalue weighted by molar-refractivity contribution is 5.93. The number of benzene rings is 1. The van der Waals surface area contributed by atoms with E-state index in [1.807, 2.05) is 0 Å². The number of nitrogens with zero attached hydrogens (tertiary/aromatic N) is 4. The van der Waals surface area contributed by atoms with Gasteiger partial charge < -0.3 is 10.4 Å². The van der Waals surface area contributed by atoms with Crippen LogP contribution in [0.3, 0.4) is 0 Å². The summed E-state index contributed by atoms with van der Waals surface area (Å²) in [4.78, 5) is 23.2. The lowest BCUT2D eigenvalue weighted by atomic mass is 10.2. The highest BCUT2D eigenvalue weighted by Gasteiger charge is 2.18. The molecular weight excluding hydrogens is 341 g/mol. The molecule has 2 heterocycles. The number of carboxylic acid groups (broad SMARTS) is 1. The first-order valence-electron chi connectivity index (χ1n) is 7.77. The lowest BCUT2D eigenvalue weighted by molar-refractivity contribution is -0.119. The molecule has 1 aromatic carbocycles. The van der Waals surface area contributed by atoms with Gasteiger partial charge in [-0.2, -0.15) is 10.2 Å². The quantitative estimate of drug-likeness (QED) is 0.704. The van der Waals surface area contributed by atoms with Crippen molar-refractivity contribution in [2.75, 3.05) is 5.32 Å². The van der Waals surface area contributed by atoms with Gasteiger partial charge in [-0.15, -0.1) is 0 Å². The zero-order chi connectivity index (χ0) is 18.7. The summed E-state index contributed by atoms with van der Waals surface area (Å²) >= 11 is 0. The standard InChI is InChI=1S/C17H16FN5O3/c1-11(23-9-13(6-20-23)17(25)26)16(24)21-15-7-19-22(10-15)8-12-3-2-4-14(18)5-12/h2-7,9-11H,8H2,1H3,(H,21,24)(H,25,26). The fourth-order valence-corrected chi connectivity index (χ4v) is 2.36. The van der Waals surface area contributed by atoms with E-state index >= 15 is 0 Å². The second kappa shape index (κ2) is 7.18. The molecule has 26 heavy (non-hydrogen) atoms. The molecule has 1 atom stereocenters. The van der Waals surface area contributed by atoms with E-state index in [1.54, 1.807) is 29.9 Å². The van der Waals surface area contributed by atoms with E-state index in [4.69, 9.17) is 5.11 Å². The topological polar surface area (TPSA) is 102 Å². The fraction of sp³-hybridized carbons (Fsp3) is 0.176. The molecular formula is C17H16FN5O3. The van der Waals surface area contributed by atoms with E-state index < -0.39 is 12.0 Å². The minimum Gasteiger partial charge on any atom is -0.478 e. The fourth-order valence-electron chi connectivity index (χ4n) is 2.36. The van der Waals surface area contributed by atoms with E-state index in [0.29, 0.717) is 12.2 Å². The Hall–Kier alpha value is -3.49. The molecule has 8 nitrogen and oxygen atoms in total. The van der Waals surface area contributed by atoms with Crippen LogP contribution in [0.15, 0.2) is 49.1 Å². The number of hydrogen-bond donors (Lipinski definition) is 2. The van der Waals surface area contributed by atoms with Gasteiger partial charge in [0.25, 0.3) is 0 Å². The number of rotatable bonds is 6. The largest absolute Gasteiger partial charge is 0.478 e. The Morgan fingerprint density at radius 3 is 2.77 bits per heavy atom. The number of anilines is 1. The molecule has 2 aromatic heterocycles. The molecule has 0 saturated carbocycles. The molecule has 0 saturated heterocycles. The van der Waals surface area contributed by atoms with Gasteiger partial charge in [0, 0.05) is 12.4 Å². The number of aromatic nitrogens is 4. The van der Waals surface area contributed by atoms with Gasteiger partial charge in [0.2, 0.25) is 5.91 Å². The molecule has 3 aromatic rings. The van der Waals surface area contributed by atoms with Crippen LogP contribution in [0.25, 0.3) is 0 Å². The van der Waals surface area contributed by atoms with Gasteiger partial charge in [-0.05, 0) is 24.6 Å². The third kappa shape index (κ3) is 3.94. The van der Waals surface area contributed by atoms with E-state index in [2.05, 4.69) is 15.5 Å².